The van der Waals surface area contributed by atoms with Crippen molar-refractivity contribution in [2.24, 2.45) is 5.10 Å². The Bertz CT molecular complexity index is 780. The fourth-order valence-electron chi connectivity index (χ4n) is 1.88. The SMILES string of the molecule is CCc1ccc(OCC(=O)NN=Cc2ccc(C#N)cc2)c(Br)c1. The number of nitrogens with one attached hydrogen (secondary N) is 1. The first-order chi connectivity index (χ1) is 11.6. The molecule has 122 valence electrons. The first-order valence-electron chi connectivity index (χ1n) is 7.35. The third kappa shape index (κ3) is 5.21. The van der Waals surface area contributed by atoms with Crippen LogP contribution >= 0.6 is 15.9 Å². The molecule has 0 heterocycles. The van der Waals surface area contributed by atoms with Gasteiger partial charge in [0.15, 0.2) is 6.61 Å². The van der Waals surface area contributed by atoms with E-state index in [9.17, 15) is 4.79 Å². The van der Waals surface area contributed by atoms with Crippen molar-refractivity contribution < 1.29 is 9.53 Å². The summed E-state index contributed by atoms with van der Waals surface area (Å²) in [4.78, 5) is 11.7. The Morgan fingerprint density at radius 2 is 2.08 bits per heavy atom. The minimum atomic E-state index is -0.355. The highest BCUT2D eigenvalue weighted by Gasteiger charge is 2.05. The number of rotatable bonds is 6. The first-order valence-corrected chi connectivity index (χ1v) is 8.15. The fourth-order valence-corrected chi connectivity index (χ4v) is 2.42. The second kappa shape index (κ2) is 8.85. The Kier molecular flexibility index (Phi) is 6.52. The van der Waals surface area contributed by atoms with Gasteiger partial charge in [-0.15, -0.1) is 0 Å². The molecule has 0 aliphatic rings. The highest BCUT2D eigenvalue weighted by atomic mass is 79.9. The maximum atomic E-state index is 11.7. The molecule has 0 unspecified atom stereocenters. The van der Waals surface area contributed by atoms with E-state index < -0.39 is 0 Å². The van der Waals surface area contributed by atoms with Crippen molar-refractivity contribution in [1.82, 2.24) is 5.43 Å². The number of carbonyl (C=O) groups excluding carboxylic acids is 1. The van der Waals surface area contributed by atoms with E-state index in [0.717, 1.165) is 16.5 Å². The number of carbonyl (C=O) groups is 1. The van der Waals surface area contributed by atoms with Gasteiger partial charge in [0, 0.05) is 0 Å². The number of hydrogen-bond donors (Lipinski definition) is 1. The van der Waals surface area contributed by atoms with Crippen LogP contribution in [0.5, 0.6) is 5.75 Å². The summed E-state index contributed by atoms with van der Waals surface area (Å²) in [5.41, 5.74) is 4.94. The molecular weight excluding hydrogens is 370 g/mol. The number of nitriles is 1. The zero-order valence-electron chi connectivity index (χ0n) is 13.1. The lowest BCUT2D eigenvalue weighted by atomic mass is 10.2. The van der Waals surface area contributed by atoms with Gasteiger partial charge in [0.05, 0.1) is 22.3 Å². The van der Waals surface area contributed by atoms with E-state index in [-0.39, 0.29) is 12.5 Å². The number of ether oxygens (including phenoxy) is 1. The largest absolute Gasteiger partial charge is 0.483 e. The Morgan fingerprint density at radius 1 is 1.33 bits per heavy atom. The van der Waals surface area contributed by atoms with Crippen LogP contribution in [0.25, 0.3) is 0 Å². The van der Waals surface area contributed by atoms with Crippen LogP contribution in [0.15, 0.2) is 52.0 Å². The van der Waals surface area contributed by atoms with Gasteiger partial charge in [-0.3, -0.25) is 4.79 Å². The van der Waals surface area contributed by atoms with Gasteiger partial charge in [-0.2, -0.15) is 10.4 Å². The van der Waals surface area contributed by atoms with Crippen molar-refractivity contribution in [3.63, 3.8) is 0 Å². The molecule has 24 heavy (non-hydrogen) atoms. The predicted octanol–water partition coefficient (Wildman–Crippen LogP) is 3.41. The van der Waals surface area contributed by atoms with Gasteiger partial charge < -0.3 is 4.74 Å². The first kappa shape index (κ1) is 17.7. The molecule has 0 aromatic heterocycles. The quantitative estimate of drug-likeness (QED) is 0.611. The molecule has 0 saturated heterocycles. The lowest BCUT2D eigenvalue weighted by molar-refractivity contribution is -0.123. The summed E-state index contributed by atoms with van der Waals surface area (Å²) in [6.07, 6.45) is 2.44. The third-order valence-corrected chi connectivity index (χ3v) is 3.83. The molecule has 0 bridgehead atoms. The molecule has 0 spiro atoms. The molecule has 0 aliphatic carbocycles. The molecule has 5 nitrogen and oxygen atoms in total. The predicted molar refractivity (Wildman–Crippen MR) is 95.9 cm³/mol. The normalized spacial score (nSPS) is 10.4. The van der Waals surface area contributed by atoms with Crippen LogP contribution in [0.4, 0.5) is 0 Å². The molecule has 6 heteroatoms. The molecule has 2 rings (SSSR count). The number of halogens is 1. The van der Waals surface area contributed by atoms with E-state index in [2.05, 4.69) is 33.4 Å². The third-order valence-electron chi connectivity index (χ3n) is 3.21. The van der Waals surface area contributed by atoms with E-state index in [1.54, 1.807) is 24.3 Å². The zero-order chi connectivity index (χ0) is 17.4. The molecule has 2 aromatic carbocycles. The van der Waals surface area contributed by atoms with Crippen LogP contribution in [0.3, 0.4) is 0 Å². The molecule has 0 radical (unpaired) electrons. The monoisotopic (exact) mass is 385 g/mol. The molecule has 0 atom stereocenters. The topological polar surface area (TPSA) is 74.5 Å². The number of amides is 1. The standard InChI is InChI=1S/C18H16BrN3O2/c1-2-13-7-8-17(16(19)9-13)24-12-18(23)22-21-11-15-5-3-14(10-20)4-6-15/h3-9,11H,2,12H2,1H3,(H,22,23). The van der Waals surface area contributed by atoms with Crippen LogP contribution in [0.2, 0.25) is 0 Å². The van der Waals surface area contributed by atoms with Gasteiger partial charge in [-0.1, -0.05) is 25.1 Å². The molecule has 0 aliphatic heterocycles. The Labute approximate surface area is 149 Å². The molecule has 1 amide bonds. The molecule has 2 aromatic rings. The van der Waals surface area contributed by atoms with Gasteiger partial charge >= 0.3 is 0 Å². The Morgan fingerprint density at radius 3 is 2.71 bits per heavy atom. The van der Waals surface area contributed by atoms with E-state index in [1.807, 2.05) is 24.3 Å². The second-order valence-electron chi connectivity index (χ2n) is 4.93. The lowest BCUT2D eigenvalue weighted by Gasteiger charge is -2.08. The summed E-state index contributed by atoms with van der Waals surface area (Å²) >= 11 is 3.42. The summed E-state index contributed by atoms with van der Waals surface area (Å²) in [7, 11) is 0. The van der Waals surface area contributed by atoms with Crippen LogP contribution in [-0.2, 0) is 11.2 Å². The van der Waals surface area contributed by atoms with Crippen LogP contribution in [0, 0.1) is 11.3 Å². The maximum Gasteiger partial charge on any atom is 0.277 e. The number of aryl methyl sites for hydroxylation is 1. The van der Waals surface area contributed by atoms with Crippen LogP contribution < -0.4 is 10.2 Å². The minimum absolute atomic E-state index is 0.130. The summed E-state index contributed by atoms with van der Waals surface area (Å²) in [6.45, 7) is 1.94. The van der Waals surface area contributed by atoms with Gasteiger partial charge in [-0.25, -0.2) is 5.43 Å². The van der Waals surface area contributed by atoms with Crippen molar-refractivity contribution in [1.29, 1.82) is 5.26 Å². The number of hydrogen-bond acceptors (Lipinski definition) is 4. The Hall–Kier alpha value is -2.65. The van der Waals surface area contributed by atoms with Gasteiger partial charge in [-0.05, 0) is 57.7 Å². The van der Waals surface area contributed by atoms with Crippen LogP contribution in [0.1, 0.15) is 23.6 Å². The van der Waals surface area contributed by atoms with Gasteiger partial charge in [0.25, 0.3) is 5.91 Å². The van der Waals surface area contributed by atoms with Crippen molar-refractivity contribution in [3.8, 4) is 11.8 Å². The van der Waals surface area contributed by atoms with E-state index in [4.69, 9.17) is 10.00 Å². The maximum absolute atomic E-state index is 11.7. The zero-order valence-corrected chi connectivity index (χ0v) is 14.7. The molecule has 1 N–H and O–H groups in total. The summed E-state index contributed by atoms with van der Waals surface area (Å²) in [5, 5.41) is 12.6. The minimum Gasteiger partial charge on any atom is -0.483 e. The Balaban J connectivity index is 1.82. The smallest absolute Gasteiger partial charge is 0.277 e. The van der Waals surface area contributed by atoms with Gasteiger partial charge in [0.2, 0.25) is 0 Å². The van der Waals surface area contributed by atoms with Crippen LogP contribution in [-0.4, -0.2) is 18.7 Å². The highest BCUT2D eigenvalue weighted by molar-refractivity contribution is 9.10. The highest BCUT2D eigenvalue weighted by Crippen LogP contribution is 2.26. The number of benzene rings is 2. The average Bonchev–Trinajstić information content (AvgIpc) is 2.61. The van der Waals surface area contributed by atoms with E-state index in [1.165, 1.54) is 11.8 Å². The van der Waals surface area contributed by atoms with Crippen molar-refractivity contribution in [3.05, 3.63) is 63.6 Å². The average molecular weight is 386 g/mol. The molecule has 0 fully saturated rings. The fraction of sp³-hybridized carbons (Fsp3) is 0.167. The number of nitrogens with zero attached hydrogens (tertiary/aromatic N) is 2. The second-order valence-corrected chi connectivity index (χ2v) is 5.79. The summed E-state index contributed by atoms with van der Waals surface area (Å²) < 4.78 is 6.28. The number of hydrazone groups is 1. The van der Waals surface area contributed by atoms with Crippen molar-refractivity contribution in [2.75, 3.05) is 6.61 Å². The summed E-state index contributed by atoms with van der Waals surface area (Å²) in [5.74, 6) is 0.254. The molecule has 0 saturated carbocycles. The van der Waals surface area contributed by atoms with Gasteiger partial charge in [0.1, 0.15) is 5.75 Å². The molecular formula is C18H16BrN3O2. The lowest BCUT2D eigenvalue weighted by Crippen LogP contribution is -2.24. The van der Waals surface area contributed by atoms with E-state index >= 15 is 0 Å². The van der Waals surface area contributed by atoms with Crippen molar-refractivity contribution >= 4 is 28.1 Å². The van der Waals surface area contributed by atoms with Crippen molar-refractivity contribution in [2.45, 2.75) is 13.3 Å². The summed E-state index contributed by atoms with van der Waals surface area (Å²) in [6, 6.07) is 14.7. The van der Waals surface area contributed by atoms with E-state index in [0.29, 0.717) is 11.3 Å².